The van der Waals surface area contributed by atoms with Crippen molar-refractivity contribution in [1.29, 1.82) is 0 Å². The average molecular weight is 265 g/mol. The summed E-state index contributed by atoms with van der Waals surface area (Å²) in [4.78, 5) is 24.7. The molecule has 1 aromatic rings. The number of nitrogens with zero attached hydrogens (tertiary/aromatic N) is 1. The number of urea groups is 1. The van der Waals surface area contributed by atoms with Crippen molar-refractivity contribution in [1.82, 2.24) is 10.6 Å². The quantitative estimate of drug-likeness (QED) is 0.864. The second-order valence-corrected chi connectivity index (χ2v) is 4.39. The van der Waals surface area contributed by atoms with E-state index < -0.39 is 0 Å². The topological polar surface area (TPSA) is 61.4 Å². The molecule has 5 nitrogen and oxygen atoms in total. The lowest BCUT2D eigenvalue weighted by Crippen LogP contribution is -2.43. The molecule has 1 aliphatic rings. The van der Waals surface area contributed by atoms with Crippen molar-refractivity contribution < 1.29 is 14.0 Å². The number of anilines is 1. The number of carbonyl (C=O) groups is 2. The summed E-state index contributed by atoms with van der Waals surface area (Å²) in [7, 11) is 0. The number of amides is 3. The number of benzene rings is 1. The lowest BCUT2D eigenvalue weighted by atomic mass is 10.2. The minimum atomic E-state index is -0.384. The minimum absolute atomic E-state index is 0.118. The molecule has 0 aromatic heterocycles. The van der Waals surface area contributed by atoms with Crippen LogP contribution in [0.4, 0.5) is 14.9 Å². The first kappa shape index (κ1) is 13.3. The van der Waals surface area contributed by atoms with Gasteiger partial charge in [0.25, 0.3) is 0 Å². The van der Waals surface area contributed by atoms with Crippen LogP contribution in [0.1, 0.15) is 13.3 Å². The van der Waals surface area contributed by atoms with Crippen LogP contribution in [-0.4, -0.2) is 31.1 Å². The van der Waals surface area contributed by atoms with Crippen LogP contribution in [0.5, 0.6) is 0 Å². The van der Waals surface area contributed by atoms with Gasteiger partial charge in [0.2, 0.25) is 5.91 Å². The molecule has 2 N–H and O–H groups in total. The number of halogens is 1. The molecule has 1 heterocycles. The van der Waals surface area contributed by atoms with Crippen LogP contribution in [0, 0.1) is 5.82 Å². The molecule has 0 radical (unpaired) electrons. The first-order valence-corrected chi connectivity index (χ1v) is 6.20. The Hall–Kier alpha value is -2.11. The van der Waals surface area contributed by atoms with E-state index in [2.05, 4.69) is 10.6 Å². The van der Waals surface area contributed by atoms with Crippen LogP contribution in [0.3, 0.4) is 0 Å². The van der Waals surface area contributed by atoms with Gasteiger partial charge in [-0.2, -0.15) is 0 Å². The molecule has 102 valence electrons. The van der Waals surface area contributed by atoms with Gasteiger partial charge in [0.05, 0.1) is 6.04 Å². The van der Waals surface area contributed by atoms with E-state index in [9.17, 15) is 14.0 Å². The van der Waals surface area contributed by atoms with Crippen molar-refractivity contribution in [2.24, 2.45) is 0 Å². The molecule has 1 aromatic carbocycles. The van der Waals surface area contributed by atoms with E-state index in [4.69, 9.17) is 0 Å². The highest BCUT2D eigenvalue weighted by Gasteiger charge is 2.31. The van der Waals surface area contributed by atoms with Gasteiger partial charge in [-0.15, -0.1) is 0 Å². The zero-order valence-electron chi connectivity index (χ0n) is 10.6. The Balaban J connectivity index is 2.01. The summed E-state index contributed by atoms with van der Waals surface area (Å²) < 4.78 is 13.1. The summed E-state index contributed by atoms with van der Waals surface area (Å²) in [6, 6.07) is 5.34. The minimum Gasteiger partial charge on any atom is -0.338 e. The Labute approximate surface area is 110 Å². The van der Waals surface area contributed by atoms with Crippen molar-refractivity contribution in [3.05, 3.63) is 30.1 Å². The zero-order chi connectivity index (χ0) is 13.8. The van der Waals surface area contributed by atoms with Gasteiger partial charge in [0, 0.05) is 25.2 Å². The van der Waals surface area contributed by atoms with Crippen LogP contribution >= 0.6 is 0 Å². The molecule has 1 aliphatic heterocycles. The lowest BCUT2D eigenvalue weighted by Gasteiger charge is -2.17. The fourth-order valence-corrected chi connectivity index (χ4v) is 2.09. The van der Waals surface area contributed by atoms with Gasteiger partial charge >= 0.3 is 6.03 Å². The monoisotopic (exact) mass is 265 g/mol. The maximum Gasteiger partial charge on any atom is 0.315 e. The van der Waals surface area contributed by atoms with Gasteiger partial charge < -0.3 is 15.5 Å². The van der Waals surface area contributed by atoms with Crippen molar-refractivity contribution in [2.45, 2.75) is 19.4 Å². The summed E-state index contributed by atoms with van der Waals surface area (Å²) in [5, 5.41) is 5.33. The van der Waals surface area contributed by atoms with E-state index in [1.165, 1.54) is 17.0 Å². The molecule has 1 saturated heterocycles. The molecular formula is C13H16FN3O2. The first-order chi connectivity index (χ1) is 9.10. The summed E-state index contributed by atoms with van der Waals surface area (Å²) in [5.41, 5.74) is 0.519. The number of rotatable bonds is 3. The maximum atomic E-state index is 13.1. The fraction of sp³-hybridized carbons (Fsp3) is 0.385. The van der Waals surface area contributed by atoms with E-state index in [0.29, 0.717) is 18.8 Å². The predicted octanol–water partition coefficient (Wildman–Crippen LogP) is 1.25. The van der Waals surface area contributed by atoms with E-state index in [1.807, 2.05) is 6.92 Å². The van der Waals surface area contributed by atoms with E-state index >= 15 is 0 Å². The second-order valence-electron chi connectivity index (χ2n) is 4.39. The Kier molecular flexibility index (Phi) is 3.99. The molecule has 0 spiro atoms. The normalized spacial score (nSPS) is 18.5. The van der Waals surface area contributed by atoms with E-state index in [-0.39, 0.29) is 30.2 Å². The van der Waals surface area contributed by atoms with Crippen molar-refractivity contribution in [3.8, 4) is 0 Å². The molecule has 2 rings (SSSR count). The molecule has 0 aliphatic carbocycles. The van der Waals surface area contributed by atoms with Crippen LogP contribution in [-0.2, 0) is 4.79 Å². The third-order valence-corrected chi connectivity index (χ3v) is 2.92. The van der Waals surface area contributed by atoms with Gasteiger partial charge in [-0.3, -0.25) is 4.79 Å². The number of hydrogen-bond donors (Lipinski definition) is 2. The highest BCUT2D eigenvalue weighted by molar-refractivity contribution is 5.96. The number of carbonyl (C=O) groups excluding carboxylic acids is 2. The molecule has 1 fully saturated rings. The van der Waals surface area contributed by atoms with Gasteiger partial charge in [0.15, 0.2) is 0 Å². The standard InChI is InChI=1S/C13H16FN3O2/c1-2-15-13(19)16-10-7-12(18)17(8-10)11-5-3-4-9(14)6-11/h3-6,10H,2,7-8H2,1H3,(H2,15,16,19). The predicted molar refractivity (Wildman–Crippen MR) is 69.4 cm³/mol. The highest BCUT2D eigenvalue weighted by Crippen LogP contribution is 2.22. The van der Waals surface area contributed by atoms with Gasteiger partial charge in [-0.05, 0) is 25.1 Å². The van der Waals surface area contributed by atoms with Crippen LogP contribution in [0.25, 0.3) is 0 Å². The van der Waals surface area contributed by atoms with Crippen molar-refractivity contribution >= 4 is 17.6 Å². The Morgan fingerprint density at radius 3 is 3.00 bits per heavy atom. The fourth-order valence-electron chi connectivity index (χ4n) is 2.09. The Morgan fingerprint density at radius 2 is 2.32 bits per heavy atom. The highest BCUT2D eigenvalue weighted by atomic mass is 19.1. The second kappa shape index (κ2) is 5.69. The van der Waals surface area contributed by atoms with Gasteiger partial charge in [-0.25, -0.2) is 9.18 Å². The summed E-state index contributed by atoms with van der Waals surface area (Å²) in [5.74, 6) is -0.502. The average Bonchev–Trinajstić information content (AvgIpc) is 2.70. The summed E-state index contributed by atoms with van der Waals surface area (Å²) in [6.07, 6.45) is 0.230. The molecule has 3 amide bonds. The van der Waals surface area contributed by atoms with Gasteiger partial charge in [0.1, 0.15) is 5.82 Å². The third kappa shape index (κ3) is 3.21. The van der Waals surface area contributed by atoms with E-state index in [0.717, 1.165) is 0 Å². The summed E-state index contributed by atoms with van der Waals surface area (Å²) >= 11 is 0. The summed E-state index contributed by atoms with van der Waals surface area (Å²) in [6.45, 7) is 2.71. The van der Waals surface area contributed by atoms with Crippen LogP contribution < -0.4 is 15.5 Å². The molecule has 19 heavy (non-hydrogen) atoms. The van der Waals surface area contributed by atoms with Crippen LogP contribution in [0.15, 0.2) is 24.3 Å². The molecule has 1 unspecified atom stereocenters. The Bertz CT molecular complexity index is 493. The largest absolute Gasteiger partial charge is 0.338 e. The maximum absolute atomic E-state index is 13.1. The van der Waals surface area contributed by atoms with Crippen molar-refractivity contribution in [3.63, 3.8) is 0 Å². The van der Waals surface area contributed by atoms with Crippen LogP contribution in [0.2, 0.25) is 0 Å². The SMILES string of the molecule is CCNC(=O)NC1CC(=O)N(c2cccc(F)c2)C1. The van der Waals surface area contributed by atoms with Gasteiger partial charge in [-0.1, -0.05) is 6.07 Å². The van der Waals surface area contributed by atoms with E-state index in [1.54, 1.807) is 12.1 Å². The first-order valence-electron chi connectivity index (χ1n) is 6.20. The smallest absolute Gasteiger partial charge is 0.315 e. The molecule has 0 bridgehead atoms. The molecule has 6 heteroatoms. The number of hydrogen-bond acceptors (Lipinski definition) is 2. The third-order valence-electron chi connectivity index (χ3n) is 2.92. The number of nitrogens with one attached hydrogen (secondary N) is 2. The zero-order valence-corrected chi connectivity index (χ0v) is 10.6. The molecule has 0 saturated carbocycles. The molecular weight excluding hydrogens is 249 g/mol. The molecule has 1 atom stereocenters. The lowest BCUT2D eigenvalue weighted by molar-refractivity contribution is -0.117. The Morgan fingerprint density at radius 1 is 1.53 bits per heavy atom. The van der Waals surface area contributed by atoms with Crippen molar-refractivity contribution in [2.75, 3.05) is 18.0 Å².